The van der Waals surface area contributed by atoms with Crippen molar-refractivity contribution in [2.75, 3.05) is 50.0 Å². The Labute approximate surface area is 226 Å². The minimum Gasteiger partial charge on any atom is -0.383 e. The number of nitrogen functional groups attached to an aromatic ring is 1. The number of hydrazone groups is 1. The zero-order valence-corrected chi connectivity index (χ0v) is 22.5. The van der Waals surface area contributed by atoms with E-state index in [2.05, 4.69) is 67.7 Å². The zero-order chi connectivity index (χ0) is 25.8. The van der Waals surface area contributed by atoms with E-state index in [-0.39, 0.29) is 5.91 Å². The van der Waals surface area contributed by atoms with Gasteiger partial charge >= 0.3 is 0 Å². The lowest BCUT2D eigenvalue weighted by atomic mass is 9.96. The number of amides is 1. The van der Waals surface area contributed by atoms with Crippen LogP contribution in [-0.4, -0.2) is 70.7 Å². The first kappa shape index (κ1) is 25.4. The molecule has 1 amide bonds. The number of aromatic nitrogens is 2. The Hall–Kier alpha value is -3.30. The Morgan fingerprint density at radius 3 is 2.54 bits per heavy atom. The van der Waals surface area contributed by atoms with Gasteiger partial charge in [-0.05, 0) is 42.3 Å². The molecular weight excluding hydrogens is 530 g/mol. The van der Waals surface area contributed by atoms with E-state index in [4.69, 9.17) is 10.8 Å². The molecule has 1 aromatic heterocycles. The van der Waals surface area contributed by atoms with Crippen molar-refractivity contribution >= 4 is 50.0 Å². The summed E-state index contributed by atoms with van der Waals surface area (Å²) in [5.74, 6) is 1.35. The topological polar surface area (TPSA) is 91.0 Å². The fourth-order valence-electron chi connectivity index (χ4n) is 5.12. The predicted molar refractivity (Wildman–Crippen MR) is 153 cm³/mol. The molecule has 0 aliphatic carbocycles. The standard InChI is InChI=1S/C28H32BrN7O/c1-2-26(37)35-16-14-34(15-17-35)12-6-3-7-13-36-28-23(27(30)31-19-32-28)18-25(33-36)22-10-11-24(29)21-9-5-4-8-20(21)22/h2,4-5,8-11,19H,1,3,6-7,12-18H2,(H2,30,31,32). The van der Waals surface area contributed by atoms with Gasteiger partial charge in [-0.15, -0.1) is 0 Å². The second kappa shape index (κ2) is 11.4. The number of fused-ring (bicyclic) bond motifs is 2. The molecule has 0 bridgehead atoms. The Morgan fingerprint density at radius 2 is 1.76 bits per heavy atom. The number of rotatable bonds is 8. The normalized spacial score (nSPS) is 16.0. The summed E-state index contributed by atoms with van der Waals surface area (Å²) < 4.78 is 1.07. The highest BCUT2D eigenvalue weighted by molar-refractivity contribution is 9.10. The van der Waals surface area contributed by atoms with E-state index in [1.807, 2.05) is 16.0 Å². The summed E-state index contributed by atoms with van der Waals surface area (Å²) in [6, 6.07) is 12.6. The maximum absolute atomic E-state index is 11.8. The summed E-state index contributed by atoms with van der Waals surface area (Å²) >= 11 is 3.68. The van der Waals surface area contributed by atoms with Crippen molar-refractivity contribution in [1.82, 2.24) is 19.8 Å². The molecule has 3 heterocycles. The lowest BCUT2D eigenvalue weighted by molar-refractivity contribution is -0.127. The van der Waals surface area contributed by atoms with Gasteiger partial charge in [0, 0.05) is 54.7 Å². The first-order valence-electron chi connectivity index (χ1n) is 12.8. The van der Waals surface area contributed by atoms with Gasteiger partial charge in [-0.2, -0.15) is 5.10 Å². The number of halogens is 1. The Morgan fingerprint density at radius 1 is 1.00 bits per heavy atom. The first-order valence-corrected chi connectivity index (χ1v) is 13.6. The lowest BCUT2D eigenvalue weighted by Gasteiger charge is -2.34. The van der Waals surface area contributed by atoms with Gasteiger partial charge in [0.1, 0.15) is 12.1 Å². The van der Waals surface area contributed by atoms with Crippen LogP contribution in [-0.2, 0) is 11.2 Å². The van der Waals surface area contributed by atoms with Crippen LogP contribution in [0.3, 0.4) is 0 Å². The van der Waals surface area contributed by atoms with E-state index >= 15 is 0 Å². The Kier molecular flexibility index (Phi) is 7.81. The van der Waals surface area contributed by atoms with Crippen LogP contribution in [0.25, 0.3) is 10.8 Å². The van der Waals surface area contributed by atoms with Crippen LogP contribution in [0.1, 0.15) is 30.4 Å². The molecule has 0 atom stereocenters. The number of nitrogens with two attached hydrogens (primary N) is 1. The number of nitrogens with zero attached hydrogens (tertiary/aromatic N) is 6. The smallest absolute Gasteiger partial charge is 0.246 e. The lowest BCUT2D eigenvalue weighted by Crippen LogP contribution is -2.48. The number of benzene rings is 2. The van der Waals surface area contributed by atoms with Gasteiger partial charge in [0.25, 0.3) is 0 Å². The number of carbonyl (C=O) groups excluding carboxylic acids is 1. The van der Waals surface area contributed by atoms with Gasteiger partial charge in [-0.3, -0.25) is 9.69 Å². The minimum atomic E-state index is 0.0296. The van der Waals surface area contributed by atoms with Gasteiger partial charge < -0.3 is 10.6 Å². The van der Waals surface area contributed by atoms with Crippen LogP contribution < -0.4 is 10.7 Å². The number of anilines is 2. The van der Waals surface area contributed by atoms with Crippen molar-refractivity contribution in [3.05, 3.63) is 71.0 Å². The van der Waals surface area contributed by atoms with Crippen LogP contribution in [0.15, 0.2) is 65.0 Å². The fourth-order valence-corrected chi connectivity index (χ4v) is 5.60. The molecule has 0 radical (unpaired) electrons. The molecule has 9 heteroatoms. The van der Waals surface area contributed by atoms with Crippen molar-refractivity contribution in [2.45, 2.75) is 25.7 Å². The quantitative estimate of drug-likeness (QED) is 0.326. The molecule has 1 fully saturated rings. The molecule has 3 aromatic rings. The minimum absolute atomic E-state index is 0.0296. The molecule has 5 rings (SSSR count). The molecule has 2 aliphatic rings. The van der Waals surface area contributed by atoms with E-state index in [9.17, 15) is 4.79 Å². The molecule has 2 aliphatic heterocycles. The van der Waals surface area contributed by atoms with Crippen LogP contribution in [0.2, 0.25) is 0 Å². The number of unbranched alkanes of at least 4 members (excludes halogenated alkanes) is 2. The Bertz CT molecular complexity index is 1330. The van der Waals surface area contributed by atoms with Gasteiger partial charge in [-0.1, -0.05) is 59.3 Å². The number of piperazine rings is 1. The predicted octanol–water partition coefficient (Wildman–Crippen LogP) is 4.24. The molecule has 2 aromatic carbocycles. The second-order valence-electron chi connectivity index (χ2n) is 9.48. The SMILES string of the molecule is C=CC(=O)N1CCN(CCCCCN2N=C(c3ccc(Br)c4ccccc34)Cc3c(N)ncnc32)CC1. The van der Waals surface area contributed by atoms with Crippen LogP contribution in [0.5, 0.6) is 0 Å². The van der Waals surface area contributed by atoms with Gasteiger partial charge in [-0.25, -0.2) is 15.0 Å². The van der Waals surface area contributed by atoms with Gasteiger partial charge in [0.15, 0.2) is 5.82 Å². The molecule has 192 valence electrons. The Balaban J connectivity index is 1.25. The maximum Gasteiger partial charge on any atom is 0.246 e. The summed E-state index contributed by atoms with van der Waals surface area (Å²) in [6.45, 7) is 8.79. The van der Waals surface area contributed by atoms with Gasteiger partial charge in [0.2, 0.25) is 5.91 Å². The van der Waals surface area contributed by atoms with Crippen LogP contribution >= 0.6 is 15.9 Å². The average molecular weight is 563 g/mol. The molecule has 0 unspecified atom stereocenters. The third-order valence-electron chi connectivity index (χ3n) is 7.17. The fraction of sp³-hybridized carbons (Fsp3) is 0.357. The summed E-state index contributed by atoms with van der Waals surface area (Å²) in [5, 5.41) is 9.39. The molecular formula is C28H32BrN7O. The molecule has 1 saturated heterocycles. The van der Waals surface area contributed by atoms with E-state index in [1.54, 1.807) is 0 Å². The summed E-state index contributed by atoms with van der Waals surface area (Å²) in [7, 11) is 0. The summed E-state index contributed by atoms with van der Waals surface area (Å²) in [5.41, 5.74) is 9.32. The molecule has 0 spiro atoms. The highest BCUT2D eigenvalue weighted by Gasteiger charge is 2.25. The monoisotopic (exact) mass is 561 g/mol. The zero-order valence-electron chi connectivity index (χ0n) is 20.9. The summed E-state index contributed by atoms with van der Waals surface area (Å²) in [4.78, 5) is 24.9. The van der Waals surface area contributed by atoms with E-state index < -0.39 is 0 Å². The highest BCUT2D eigenvalue weighted by atomic mass is 79.9. The molecule has 2 N–H and O–H groups in total. The molecule has 8 nitrogen and oxygen atoms in total. The van der Waals surface area contributed by atoms with Crippen molar-refractivity contribution in [3.63, 3.8) is 0 Å². The first-order chi connectivity index (χ1) is 18.0. The van der Waals surface area contributed by atoms with E-state index in [1.165, 1.54) is 12.4 Å². The average Bonchev–Trinajstić information content (AvgIpc) is 2.93. The number of hydrogen-bond donors (Lipinski definition) is 1. The van der Waals surface area contributed by atoms with Crippen molar-refractivity contribution in [1.29, 1.82) is 0 Å². The van der Waals surface area contributed by atoms with Crippen LogP contribution in [0.4, 0.5) is 11.6 Å². The highest BCUT2D eigenvalue weighted by Crippen LogP contribution is 2.33. The second-order valence-corrected chi connectivity index (χ2v) is 10.3. The maximum atomic E-state index is 11.8. The number of hydrogen-bond acceptors (Lipinski definition) is 7. The van der Waals surface area contributed by atoms with Crippen LogP contribution in [0, 0.1) is 0 Å². The molecule has 0 saturated carbocycles. The van der Waals surface area contributed by atoms with Crippen molar-refractivity contribution < 1.29 is 4.79 Å². The summed E-state index contributed by atoms with van der Waals surface area (Å²) in [6.07, 6.45) is 6.72. The van der Waals surface area contributed by atoms with E-state index in [0.29, 0.717) is 12.2 Å². The van der Waals surface area contributed by atoms with Crippen molar-refractivity contribution in [3.8, 4) is 0 Å². The van der Waals surface area contributed by atoms with E-state index in [0.717, 1.165) is 96.4 Å². The third-order valence-corrected chi connectivity index (χ3v) is 7.86. The van der Waals surface area contributed by atoms with Gasteiger partial charge in [0.05, 0.1) is 5.71 Å². The molecule has 37 heavy (non-hydrogen) atoms. The largest absolute Gasteiger partial charge is 0.383 e. The number of carbonyl (C=O) groups is 1. The van der Waals surface area contributed by atoms with Crippen molar-refractivity contribution in [2.24, 2.45) is 5.10 Å². The third kappa shape index (κ3) is 5.52.